The smallest absolute Gasteiger partial charge is 0.181 e. The Hall–Kier alpha value is -0.720. The molecule has 0 amide bonds. The third-order valence-electron chi connectivity index (χ3n) is 3.67. The number of rotatable bonds is 1. The van der Waals surface area contributed by atoms with Crippen molar-refractivity contribution in [3.8, 4) is 0 Å². The van der Waals surface area contributed by atoms with Crippen molar-refractivity contribution < 1.29 is 23.8 Å². The molecule has 0 spiro atoms. The first kappa shape index (κ1) is 15.8. The van der Waals surface area contributed by atoms with Crippen molar-refractivity contribution in [3.63, 3.8) is 0 Å². The van der Waals surface area contributed by atoms with E-state index in [2.05, 4.69) is 30.9 Å². The molecule has 3 N–H and O–H groups in total. The fraction of sp³-hybridized carbons (Fsp3) is 0.500. The lowest BCUT2D eigenvalue weighted by molar-refractivity contribution is -0.227. The summed E-state index contributed by atoms with van der Waals surface area (Å²) in [5, 5.41) is 10.5. The average Bonchev–Trinajstić information content (AvgIpc) is 2.97. The van der Waals surface area contributed by atoms with Gasteiger partial charge in [-0.25, -0.2) is 15.0 Å². The molecule has 2 aromatic rings. The Balaban J connectivity index is 1.76. The number of fused-ring (bicyclic) bond motifs is 2. The Morgan fingerprint density at radius 2 is 2.30 bits per heavy atom. The molecule has 13 heteroatoms. The number of aromatic nitrogens is 4. The number of ether oxygens (including phenoxy) is 1. The first-order valence-corrected chi connectivity index (χ1v) is 9.84. The summed E-state index contributed by atoms with van der Waals surface area (Å²) < 4.78 is 17.8. The van der Waals surface area contributed by atoms with Gasteiger partial charge in [0.1, 0.15) is 31.4 Å². The molecule has 2 saturated heterocycles. The molecule has 4 rings (SSSR count). The lowest BCUT2D eigenvalue weighted by Gasteiger charge is -2.38. The molecular formula is C10H10BrN5O5PS-. The minimum atomic E-state index is -3.60. The summed E-state index contributed by atoms with van der Waals surface area (Å²) in [6.07, 6.45) is -2.20. The van der Waals surface area contributed by atoms with E-state index in [-0.39, 0.29) is 12.4 Å². The van der Waals surface area contributed by atoms with Crippen LogP contribution in [0.2, 0.25) is 0 Å². The second-order valence-corrected chi connectivity index (χ2v) is 8.47. The van der Waals surface area contributed by atoms with E-state index in [0.717, 1.165) is 0 Å². The molecule has 5 unspecified atom stereocenters. The van der Waals surface area contributed by atoms with E-state index < -0.39 is 31.3 Å². The summed E-state index contributed by atoms with van der Waals surface area (Å²) in [5.41, 5.74) is 6.53. The van der Waals surface area contributed by atoms with Crippen molar-refractivity contribution in [3.05, 3.63) is 11.1 Å². The molecule has 0 radical (unpaired) electrons. The lowest BCUT2D eigenvalue weighted by atomic mass is 10.1. The molecule has 2 aliphatic heterocycles. The molecule has 124 valence electrons. The number of imidazole rings is 1. The third-order valence-corrected chi connectivity index (χ3v) is 5.77. The second-order valence-electron chi connectivity index (χ2n) is 5.05. The van der Waals surface area contributed by atoms with Crippen molar-refractivity contribution in [1.82, 2.24) is 19.5 Å². The summed E-state index contributed by atoms with van der Waals surface area (Å²) in [4.78, 5) is 24.0. The molecule has 5 atom stereocenters. The van der Waals surface area contributed by atoms with Crippen LogP contribution in [0.4, 0.5) is 5.82 Å². The maximum Gasteiger partial charge on any atom is 0.181 e. The number of anilines is 1. The maximum atomic E-state index is 11.8. The summed E-state index contributed by atoms with van der Waals surface area (Å²) in [7, 11) is 0. The van der Waals surface area contributed by atoms with E-state index in [1.165, 1.54) is 10.9 Å². The van der Waals surface area contributed by atoms with Crippen molar-refractivity contribution in [2.75, 3.05) is 12.3 Å². The largest absolute Gasteiger partial charge is 0.780 e. The number of nitrogens with two attached hydrogens (primary N) is 1. The number of hydrogen-bond acceptors (Lipinski definition) is 10. The van der Waals surface area contributed by atoms with E-state index in [0.29, 0.717) is 15.9 Å². The number of aliphatic hydroxyl groups is 1. The molecular weight excluding hydrogens is 413 g/mol. The van der Waals surface area contributed by atoms with Crippen molar-refractivity contribution >= 4 is 51.4 Å². The minimum Gasteiger partial charge on any atom is -0.780 e. The van der Waals surface area contributed by atoms with Crippen LogP contribution in [0, 0.1) is 0 Å². The summed E-state index contributed by atoms with van der Waals surface area (Å²) in [6.45, 7) is -3.63. The van der Waals surface area contributed by atoms with Gasteiger partial charge in [0.25, 0.3) is 0 Å². The van der Waals surface area contributed by atoms with Crippen LogP contribution in [-0.4, -0.2) is 49.5 Å². The molecule has 2 fully saturated rings. The van der Waals surface area contributed by atoms with Crippen LogP contribution in [-0.2, 0) is 25.6 Å². The molecule has 0 aliphatic carbocycles. The molecule has 0 bridgehead atoms. The minimum absolute atomic E-state index is 0.0274. The number of hydrogen-bond donors (Lipinski definition) is 2. The predicted octanol–water partition coefficient (Wildman–Crippen LogP) is -0.571. The van der Waals surface area contributed by atoms with E-state index in [1.807, 2.05) is 0 Å². The lowest BCUT2D eigenvalue weighted by Crippen LogP contribution is -2.40. The number of nitrogens with zero attached hydrogens (tertiary/aromatic N) is 4. The molecule has 2 aromatic heterocycles. The number of halogens is 1. The highest BCUT2D eigenvalue weighted by atomic mass is 79.9. The zero-order valence-electron chi connectivity index (χ0n) is 11.3. The average molecular weight is 423 g/mol. The highest BCUT2D eigenvalue weighted by Crippen LogP contribution is 2.50. The topological polar surface area (TPSA) is 141 Å². The van der Waals surface area contributed by atoms with Gasteiger partial charge in [-0.1, -0.05) is 11.8 Å². The van der Waals surface area contributed by atoms with E-state index in [4.69, 9.17) is 31.3 Å². The zero-order chi connectivity index (χ0) is 16.4. The van der Waals surface area contributed by atoms with Gasteiger partial charge in [0, 0.05) is 0 Å². The van der Waals surface area contributed by atoms with Gasteiger partial charge in [0.05, 0.1) is 6.61 Å². The molecule has 0 aromatic carbocycles. The Kier molecular flexibility index (Phi) is 3.70. The Labute approximate surface area is 143 Å². The fourth-order valence-electron chi connectivity index (χ4n) is 2.67. The molecule has 0 saturated carbocycles. The predicted molar refractivity (Wildman–Crippen MR) is 82.5 cm³/mol. The molecule has 23 heavy (non-hydrogen) atoms. The van der Waals surface area contributed by atoms with Gasteiger partial charge in [-0.3, -0.25) is 4.57 Å². The van der Waals surface area contributed by atoms with Crippen LogP contribution in [0.25, 0.3) is 11.2 Å². The van der Waals surface area contributed by atoms with E-state index in [9.17, 15) is 10.00 Å². The van der Waals surface area contributed by atoms with Gasteiger partial charge in [-0.15, -0.1) is 0 Å². The zero-order valence-corrected chi connectivity index (χ0v) is 14.6. The third kappa shape index (κ3) is 2.50. The number of aliphatic hydroxyl groups excluding tert-OH is 1. The standard InChI is InChI=1S/C10H11BrN5O5PS/c11-10-15-4-7(12)13-2-14-8(4)16(10)9-5(17)6-3(20-9)1-19-22(18,23)21-6/h2-3,5-6,9,17H,1H2,(H,18,23)(H2,12,13,14)/p-1. The monoisotopic (exact) mass is 422 g/mol. The van der Waals surface area contributed by atoms with E-state index >= 15 is 0 Å². The fourth-order valence-corrected chi connectivity index (χ4v) is 4.64. The van der Waals surface area contributed by atoms with Gasteiger partial charge in [-0.05, 0) is 15.9 Å². The highest BCUT2D eigenvalue weighted by Gasteiger charge is 2.50. The summed E-state index contributed by atoms with van der Waals surface area (Å²) in [6, 6.07) is 0. The summed E-state index contributed by atoms with van der Waals surface area (Å²) >= 11 is 8.00. The van der Waals surface area contributed by atoms with Crippen LogP contribution < -0.4 is 10.6 Å². The summed E-state index contributed by atoms with van der Waals surface area (Å²) in [5.74, 6) is 0.203. The van der Waals surface area contributed by atoms with Crippen LogP contribution in [0.5, 0.6) is 0 Å². The van der Waals surface area contributed by atoms with Crippen molar-refractivity contribution in [2.24, 2.45) is 0 Å². The molecule has 10 nitrogen and oxygen atoms in total. The first-order chi connectivity index (χ1) is 10.9. The SMILES string of the molecule is Nc1ncnc2c1nc(Br)n2C1OC2COP([O-])(=S)OC2C1O. The number of nitrogen functional groups attached to an aromatic ring is 1. The van der Waals surface area contributed by atoms with Gasteiger partial charge in [0.15, 0.2) is 27.9 Å². The van der Waals surface area contributed by atoms with Crippen molar-refractivity contribution in [2.45, 2.75) is 24.5 Å². The molecule has 4 heterocycles. The van der Waals surface area contributed by atoms with Gasteiger partial charge in [-0.2, -0.15) is 0 Å². The highest BCUT2D eigenvalue weighted by molar-refractivity contribution is 9.10. The van der Waals surface area contributed by atoms with Crippen LogP contribution in [0.1, 0.15) is 6.23 Å². The second kappa shape index (κ2) is 5.39. The van der Waals surface area contributed by atoms with Crippen LogP contribution >= 0.6 is 22.6 Å². The maximum absolute atomic E-state index is 11.8. The van der Waals surface area contributed by atoms with Gasteiger partial charge in [0.2, 0.25) is 0 Å². The Morgan fingerprint density at radius 1 is 1.52 bits per heavy atom. The van der Waals surface area contributed by atoms with Gasteiger partial charge < -0.3 is 29.5 Å². The Bertz CT molecular complexity index is 835. The van der Waals surface area contributed by atoms with Crippen molar-refractivity contribution in [1.29, 1.82) is 0 Å². The van der Waals surface area contributed by atoms with Crippen LogP contribution in [0.3, 0.4) is 0 Å². The molecule has 2 aliphatic rings. The first-order valence-electron chi connectivity index (χ1n) is 6.49. The van der Waals surface area contributed by atoms with Crippen LogP contribution in [0.15, 0.2) is 11.1 Å². The quantitative estimate of drug-likeness (QED) is 0.453. The Morgan fingerprint density at radius 3 is 3.09 bits per heavy atom. The van der Waals surface area contributed by atoms with Gasteiger partial charge >= 0.3 is 0 Å². The van der Waals surface area contributed by atoms with E-state index in [1.54, 1.807) is 0 Å². The normalized spacial score (nSPS) is 37.2.